The van der Waals surface area contributed by atoms with Gasteiger partial charge < -0.3 is 15.0 Å². The summed E-state index contributed by atoms with van der Waals surface area (Å²) >= 11 is 0. The first-order chi connectivity index (χ1) is 12.1. The number of nitrogens with one attached hydrogen (secondary N) is 1. The molecule has 1 aromatic carbocycles. The molecule has 25 heavy (non-hydrogen) atoms. The van der Waals surface area contributed by atoms with Gasteiger partial charge in [0.2, 0.25) is 5.91 Å². The molecule has 1 saturated heterocycles. The summed E-state index contributed by atoms with van der Waals surface area (Å²) in [6.07, 6.45) is 3.03. The van der Waals surface area contributed by atoms with E-state index in [9.17, 15) is 9.59 Å². The van der Waals surface area contributed by atoms with E-state index < -0.39 is 0 Å². The molecule has 2 unspecified atom stereocenters. The Kier molecular flexibility index (Phi) is 5.74. The predicted octanol–water partition coefficient (Wildman–Crippen LogP) is 2.18. The van der Waals surface area contributed by atoms with Crippen molar-refractivity contribution in [2.24, 2.45) is 11.8 Å². The van der Waals surface area contributed by atoms with Crippen LogP contribution in [0.15, 0.2) is 30.3 Å². The summed E-state index contributed by atoms with van der Waals surface area (Å²) in [5, 5.41) is 3.29. The van der Waals surface area contributed by atoms with Crippen molar-refractivity contribution in [1.29, 1.82) is 0 Å². The van der Waals surface area contributed by atoms with Crippen molar-refractivity contribution < 1.29 is 14.3 Å². The van der Waals surface area contributed by atoms with E-state index in [0.717, 1.165) is 38.8 Å². The summed E-state index contributed by atoms with van der Waals surface area (Å²) in [6.45, 7) is 1.84. The molecule has 2 atom stereocenters. The van der Waals surface area contributed by atoms with E-state index in [-0.39, 0.29) is 29.8 Å². The predicted molar refractivity (Wildman–Crippen MR) is 96.1 cm³/mol. The molecule has 0 aromatic heterocycles. The summed E-state index contributed by atoms with van der Waals surface area (Å²) in [4.78, 5) is 26.6. The number of carbonyl (C=O) groups is 2. The molecule has 5 nitrogen and oxygen atoms in total. The Bertz CT molecular complexity index is 596. The van der Waals surface area contributed by atoms with Crippen molar-refractivity contribution >= 4 is 11.9 Å². The second-order valence-electron chi connectivity index (χ2n) is 7.43. The van der Waals surface area contributed by atoms with E-state index in [0.29, 0.717) is 5.92 Å². The topological polar surface area (TPSA) is 58.6 Å². The maximum atomic E-state index is 12.7. The van der Waals surface area contributed by atoms with Crippen LogP contribution in [0.5, 0.6) is 0 Å². The summed E-state index contributed by atoms with van der Waals surface area (Å²) < 4.78 is 4.82. The molecule has 5 heteroatoms. The van der Waals surface area contributed by atoms with Gasteiger partial charge in [-0.05, 0) is 38.3 Å². The highest BCUT2D eigenvalue weighted by Gasteiger charge is 2.36. The third-order valence-corrected chi connectivity index (χ3v) is 5.69. The molecule has 1 aliphatic carbocycles. The average molecular weight is 344 g/mol. The molecule has 136 valence electrons. The van der Waals surface area contributed by atoms with Crippen molar-refractivity contribution in [3.05, 3.63) is 35.9 Å². The van der Waals surface area contributed by atoms with Crippen molar-refractivity contribution in [3.8, 4) is 0 Å². The second-order valence-corrected chi connectivity index (χ2v) is 7.43. The fourth-order valence-corrected chi connectivity index (χ4v) is 4.24. The minimum absolute atomic E-state index is 0.0169. The van der Waals surface area contributed by atoms with E-state index >= 15 is 0 Å². The Morgan fingerprint density at radius 2 is 1.68 bits per heavy atom. The van der Waals surface area contributed by atoms with Crippen LogP contribution >= 0.6 is 0 Å². The molecule has 0 radical (unpaired) electrons. The molecular formula is C20H28N2O3. The Hall–Kier alpha value is -1.88. The molecule has 0 spiro atoms. The average Bonchev–Trinajstić information content (AvgIpc) is 3.02. The van der Waals surface area contributed by atoms with E-state index in [1.165, 1.54) is 12.7 Å². The highest BCUT2D eigenvalue weighted by atomic mass is 16.5. The molecule has 2 fully saturated rings. The summed E-state index contributed by atoms with van der Waals surface area (Å²) in [7, 11) is 3.53. The van der Waals surface area contributed by atoms with Gasteiger partial charge in [-0.2, -0.15) is 0 Å². The fourth-order valence-electron chi connectivity index (χ4n) is 4.24. The van der Waals surface area contributed by atoms with Gasteiger partial charge in [0, 0.05) is 31.0 Å². The van der Waals surface area contributed by atoms with Crippen LogP contribution < -0.4 is 5.32 Å². The molecule has 1 aromatic rings. The van der Waals surface area contributed by atoms with Gasteiger partial charge in [-0.15, -0.1) is 0 Å². The molecule has 2 aliphatic rings. The molecule has 1 aliphatic heterocycles. The first-order valence-corrected chi connectivity index (χ1v) is 9.20. The number of likely N-dealkylation sites (N-methyl/N-ethyl adjacent to an activating group) is 1. The lowest BCUT2D eigenvalue weighted by Crippen LogP contribution is -2.43. The van der Waals surface area contributed by atoms with Crippen LogP contribution in [0.25, 0.3) is 0 Å². The van der Waals surface area contributed by atoms with Crippen molar-refractivity contribution in [1.82, 2.24) is 10.2 Å². The molecule has 1 N–H and O–H groups in total. The number of benzene rings is 1. The highest BCUT2D eigenvalue weighted by molar-refractivity contribution is 5.80. The first kappa shape index (κ1) is 17.9. The minimum atomic E-state index is -0.139. The zero-order valence-corrected chi connectivity index (χ0v) is 15.1. The van der Waals surface area contributed by atoms with Gasteiger partial charge in [-0.25, -0.2) is 0 Å². The van der Waals surface area contributed by atoms with Crippen LogP contribution in [0.3, 0.4) is 0 Å². The summed E-state index contributed by atoms with van der Waals surface area (Å²) in [5.41, 5.74) is 1.28. The van der Waals surface area contributed by atoms with Gasteiger partial charge in [0.1, 0.15) is 0 Å². The molecule has 0 bridgehead atoms. The lowest BCUT2D eigenvalue weighted by molar-refractivity contribution is -0.147. The van der Waals surface area contributed by atoms with Gasteiger partial charge in [-0.1, -0.05) is 30.3 Å². The van der Waals surface area contributed by atoms with Crippen molar-refractivity contribution in [2.75, 3.05) is 27.2 Å². The third-order valence-electron chi connectivity index (χ3n) is 5.69. The zero-order valence-electron chi connectivity index (χ0n) is 15.1. The monoisotopic (exact) mass is 344 g/mol. The van der Waals surface area contributed by atoms with E-state index in [2.05, 4.69) is 41.5 Å². The summed E-state index contributed by atoms with van der Waals surface area (Å²) in [5.74, 6) is 0.318. The van der Waals surface area contributed by atoms with Crippen LogP contribution in [0.4, 0.5) is 0 Å². The van der Waals surface area contributed by atoms with Gasteiger partial charge in [-0.3, -0.25) is 9.59 Å². The van der Waals surface area contributed by atoms with Crippen molar-refractivity contribution in [2.45, 2.75) is 37.6 Å². The number of likely N-dealkylation sites (tertiary alicyclic amines) is 1. The molecular weight excluding hydrogens is 316 g/mol. The Balaban J connectivity index is 1.58. The molecule has 1 saturated carbocycles. The van der Waals surface area contributed by atoms with Gasteiger partial charge in [0.15, 0.2) is 0 Å². The lowest BCUT2D eigenvalue weighted by atomic mass is 9.81. The Labute approximate surface area is 149 Å². The summed E-state index contributed by atoms with van der Waals surface area (Å²) in [6, 6.07) is 10.6. The Morgan fingerprint density at radius 3 is 2.32 bits per heavy atom. The van der Waals surface area contributed by atoms with Crippen LogP contribution in [0.2, 0.25) is 0 Å². The number of methoxy groups -OCH3 is 1. The zero-order chi connectivity index (χ0) is 17.8. The number of hydrogen-bond donors (Lipinski definition) is 1. The van der Waals surface area contributed by atoms with Crippen LogP contribution in [-0.4, -0.2) is 50.1 Å². The van der Waals surface area contributed by atoms with Crippen molar-refractivity contribution in [3.63, 3.8) is 0 Å². The number of esters is 1. The third kappa shape index (κ3) is 4.21. The number of carbonyl (C=O) groups excluding carboxylic acids is 2. The van der Waals surface area contributed by atoms with E-state index in [4.69, 9.17) is 4.74 Å². The van der Waals surface area contributed by atoms with Crippen LogP contribution in [0, 0.1) is 11.8 Å². The number of nitrogens with zero attached hydrogens (tertiary/aromatic N) is 1. The minimum Gasteiger partial charge on any atom is -0.469 e. The first-order valence-electron chi connectivity index (χ1n) is 9.20. The number of rotatable bonds is 4. The van der Waals surface area contributed by atoms with E-state index in [1.54, 1.807) is 0 Å². The molecule has 1 heterocycles. The highest BCUT2D eigenvalue weighted by Crippen LogP contribution is 2.31. The van der Waals surface area contributed by atoms with Gasteiger partial charge in [0.25, 0.3) is 0 Å². The lowest BCUT2D eigenvalue weighted by Gasteiger charge is -2.28. The maximum Gasteiger partial charge on any atom is 0.308 e. The fraction of sp³-hybridized carbons (Fsp3) is 0.600. The quantitative estimate of drug-likeness (QED) is 0.851. The van der Waals surface area contributed by atoms with Crippen LogP contribution in [-0.2, 0) is 14.3 Å². The van der Waals surface area contributed by atoms with Gasteiger partial charge >= 0.3 is 5.97 Å². The SMILES string of the molecule is COC(=O)C1CCC(C(=O)NC2CN(C)CC2c2ccccc2)CC1. The Morgan fingerprint density at radius 1 is 1.04 bits per heavy atom. The standard InChI is InChI=1S/C20H28N2O3/c1-22-12-17(14-6-4-3-5-7-14)18(13-22)21-19(23)15-8-10-16(11-9-15)20(24)25-2/h3-7,15-18H,8-13H2,1-2H3,(H,21,23). The maximum absolute atomic E-state index is 12.7. The largest absolute Gasteiger partial charge is 0.469 e. The number of hydrogen-bond acceptors (Lipinski definition) is 4. The second kappa shape index (κ2) is 8.00. The van der Waals surface area contributed by atoms with Crippen LogP contribution in [0.1, 0.15) is 37.2 Å². The molecule has 3 rings (SSSR count). The normalized spacial score (nSPS) is 30.0. The smallest absolute Gasteiger partial charge is 0.308 e. The van der Waals surface area contributed by atoms with Gasteiger partial charge in [0.05, 0.1) is 13.0 Å². The van der Waals surface area contributed by atoms with E-state index in [1.807, 2.05) is 6.07 Å². The number of amides is 1. The number of ether oxygens (including phenoxy) is 1. The molecule has 1 amide bonds.